The van der Waals surface area contributed by atoms with Crippen molar-refractivity contribution in [3.05, 3.63) is 59.7 Å². The van der Waals surface area contributed by atoms with Crippen molar-refractivity contribution in [2.24, 2.45) is 0 Å². The van der Waals surface area contributed by atoms with Crippen molar-refractivity contribution in [3.8, 4) is 5.75 Å². The molecule has 3 rings (SSSR count). The summed E-state index contributed by atoms with van der Waals surface area (Å²) in [6.07, 6.45) is 1.36. The molecule has 2 atom stereocenters. The standard InChI is InChI=1S/C19H21FN2O3/c1-12(2)25-16-7-8-17(21-10-16)19(24)22-11-15(23)9-18(22)13-3-5-14(20)6-4-13/h3-8,10,12,15,18,23H,9,11H2,1-2H3/t15-,18-/m1/s1. The first-order valence-electron chi connectivity index (χ1n) is 8.31. The van der Waals surface area contributed by atoms with Crippen LogP contribution in [0.4, 0.5) is 4.39 Å². The number of β-amino-alcohol motifs (C(OH)–C–C–N with tert-alkyl or cyclic N) is 1. The zero-order valence-corrected chi connectivity index (χ0v) is 14.2. The Morgan fingerprint density at radius 1 is 1.28 bits per heavy atom. The molecule has 0 unspecified atom stereocenters. The van der Waals surface area contributed by atoms with Crippen molar-refractivity contribution in [2.75, 3.05) is 6.54 Å². The third-order valence-electron chi connectivity index (χ3n) is 4.12. The van der Waals surface area contributed by atoms with E-state index in [9.17, 15) is 14.3 Å². The molecular weight excluding hydrogens is 323 g/mol. The second kappa shape index (κ2) is 7.19. The summed E-state index contributed by atoms with van der Waals surface area (Å²) >= 11 is 0. The molecule has 0 spiro atoms. The van der Waals surface area contributed by atoms with Gasteiger partial charge in [0, 0.05) is 6.54 Å². The van der Waals surface area contributed by atoms with E-state index < -0.39 is 6.10 Å². The lowest BCUT2D eigenvalue weighted by Gasteiger charge is -2.24. The number of hydrogen-bond acceptors (Lipinski definition) is 4. The van der Waals surface area contributed by atoms with Gasteiger partial charge in [-0.2, -0.15) is 0 Å². The van der Waals surface area contributed by atoms with Crippen LogP contribution in [0.3, 0.4) is 0 Å². The summed E-state index contributed by atoms with van der Waals surface area (Å²) < 4.78 is 18.7. The smallest absolute Gasteiger partial charge is 0.273 e. The van der Waals surface area contributed by atoms with Crippen LogP contribution in [-0.4, -0.2) is 39.7 Å². The lowest BCUT2D eigenvalue weighted by molar-refractivity contribution is 0.0709. The monoisotopic (exact) mass is 344 g/mol. The Balaban J connectivity index is 1.80. The van der Waals surface area contributed by atoms with Gasteiger partial charge in [-0.1, -0.05) is 12.1 Å². The molecule has 0 bridgehead atoms. The van der Waals surface area contributed by atoms with Gasteiger partial charge in [0.15, 0.2) is 0 Å². The van der Waals surface area contributed by atoms with Crippen LogP contribution in [0.2, 0.25) is 0 Å². The Morgan fingerprint density at radius 3 is 2.60 bits per heavy atom. The molecule has 1 saturated heterocycles. The van der Waals surface area contributed by atoms with Crippen molar-refractivity contribution in [3.63, 3.8) is 0 Å². The summed E-state index contributed by atoms with van der Waals surface area (Å²) in [7, 11) is 0. The summed E-state index contributed by atoms with van der Waals surface area (Å²) in [5.74, 6) is 0.00708. The molecule has 0 saturated carbocycles. The molecule has 1 amide bonds. The molecule has 1 fully saturated rings. The number of benzene rings is 1. The largest absolute Gasteiger partial charge is 0.489 e. The molecule has 1 aromatic carbocycles. The molecule has 1 aliphatic heterocycles. The highest BCUT2D eigenvalue weighted by Crippen LogP contribution is 2.33. The van der Waals surface area contributed by atoms with E-state index in [4.69, 9.17) is 4.74 Å². The van der Waals surface area contributed by atoms with Gasteiger partial charge in [0.2, 0.25) is 0 Å². The Hall–Kier alpha value is -2.47. The van der Waals surface area contributed by atoms with Crippen LogP contribution in [0.15, 0.2) is 42.6 Å². The fourth-order valence-corrected chi connectivity index (χ4v) is 3.04. The normalized spacial score (nSPS) is 20.1. The minimum atomic E-state index is -0.609. The first kappa shape index (κ1) is 17.4. The SMILES string of the molecule is CC(C)Oc1ccc(C(=O)N2C[C@H](O)C[C@@H]2c2ccc(F)cc2)nc1. The predicted octanol–water partition coefficient (Wildman–Crippen LogP) is 2.96. The topological polar surface area (TPSA) is 62.7 Å². The first-order valence-corrected chi connectivity index (χ1v) is 8.31. The Bertz CT molecular complexity index is 731. The van der Waals surface area contributed by atoms with Gasteiger partial charge in [-0.05, 0) is 50.1 Å². The Labute approximate surface area is 146 Å². The van der Waals surface area contributed by atoms with E-state index in [1.54, 1.807) is 29.2 Å². The first-order chi connectivity index (χ1) is 11.9. The molecule has 2 aromatic rings. The average molecular weight is 344 g/mol. The summed E-state index contributed by atoms with van der Waals surface area (Å²) in [4.78, 5) is 18.6. The number of aliphatic hydroxyl groups is 1. The third-order valence-corrected chi connectivity index (χ3v) is 4.12. The van der Waals surface area contributed by atoms with E-state index in [2.05, 4.69) is 4.98 Å². The maximum atomic E-state index is 13.1. The highest BCUT2D eigenvalue weighted by Gasteiger charge is 2.36. The van der Waals surface area contributed by atoms with Crippen LogP contribution in [0.5, 0.6) is 5.75 Å². The number of carbonyl (C=O) groups is 1. The van der Waals surface area contributed by atoms with Gasteiger partial charge in [-0.3, -0.25) is 4.79 Å². The lowest BCUT2D eigenvalue weighted by Crippen LogP contribution is -2.32. The second-order valence-corrected chi connectivity index (χ2v) is 6.46. The number of amides is 1. The number of rotatable bonds is 4. The number of hydrogen-bond donors (Lipinski definition) is 1. The van der Waals surface area contributed by atoms with Crippen molar-refractivity contribution < 1.29 is 19.0 Å². The maximum absolute atomic E-state index is 13.1. The number of nitrogens with zero attached hydrogens (tertiary/aromatic N) is 2. The number of aliphatic hydroxyl groups excluding tert-OH is 1. The van der Waals surface area contributed by atoms with Crippen molar-refractivity contribution in [2.45, 2.75) is 38.5 Å². The molecule has 6 heteroatoms. The van der Waals surface area contributed by atoms with E-state index in [1.807, 2.05) is 13.8 Å². The van der Waals surface area contributed by atoms with Gasteiger partial charge in [0.05, 0.1) is 24.4 Å². The van der Waals surface area contributed by atoms with Gasteiger partial charge in [0.1, 0.15) is 17.3 Å². The molecule has 5 nitrogen and oxygen atoms in total. The van der Waals surface area contributed by atoms with Crippen molar-refractivity contribution in [1.29, 1.82) is 0 Å². The van der Waals surface area contributed by atoms with Gasteiger partial charge < -0.3 is 14.7 Å². The third kappa shape index (κ3) is 3.96. The molecular formula is C19H21FN2O3. The van der Waals surface area contributed by atoms with Crippen LogP contribution in [-0.2, 0) is 0 Å². The molecule has 2 heterocycles. The van der Waals surface area contributed by atoms with Crippen molar-refractivity contribution >= 4 is 5.91 Å². The van der Waals surface area contributed by atoms with E-state index in [1.165, 1.54) is 18.3 Å². The highest BCUT2D eigenvalue weighted by molar-refractivity contribution is 5.93. The zero-order chi connectivity index (χ0) is 18.0. The van der Waals surface area contributed by atoms with Crippen LogP contribution < -0.4 is 4.74 Å². The molecule has 0 radical (unpaired) electrons. The van der Waals surface area contributed by atoms with E-state index >= 15 is 0 Å². The predicted molar refractivity (Wildman–Crippen MR) is 90.8 cm³/mol. The maximum Gasteiger partial charge on any atom is 0.273 e. The number of pyridine rings is 1. The zero-order valence-electron chi connectivity index (χ0n) is 14.2. The van der Waals surface area contributed by atoms with Crippen LogP contribution in [0.1, 0.15) is 42.4 Å². The fourth-order valence-electron chi connectivity index (χ4n) is 3.04. The summed E-state index contributed by atoms with van der Waals surface area (Å²) in [5.41, 5.74) is 1.09. The van der Waals surface area contributed by atoms with Gasteiger partial charge >= 0.3 is 0 Å². The summed E-state index contributed by atoms with van der Waals surface area (Å²) in [6, 6.07) is 9.04. The molecule has 1 N–H and O–H groups in total. The van der Waals surface area contributed by atoms with Gasteiger partial charge in [-0.15, -0.1) is 0 Å². The van der Waals surface area contributed by atoms with E-state index in [0.29, 0.717) is 12.2 Å². The Kier molecular flexibility index (Phi) is 4.99. The quantitative estimate of drug-likeness (QED) is 0.926. The molecule has 132 valence electrons. The summed E-state index contributed by atoms with van der Waals surface area (Å²) in [5, 5.41) is 10.0. The minimum Gasteiger partial charge on any atom is -0.489 e. The lowest BCUT2D eigenvalue weighted by atomic mass is 10.0. The molecule has 1 aromatic heterocycles. The number of halogens is 1. The van der Waals surface area contributed by atoms with Crippen LogP contribution in [0, 0.1) is 5.82 Å². The second-order valence-electron chi connectivity index (χ2n) is 6.46. The van der Waals surface area contributed by atoms with Crippen LogP contribution >= 0.6 is 0 Å². The number of likely N-dealkylation sites (tertiary alicyclic amines) is 1. The van der Waals surface area contributed by atoms with E-state index in [0.717, 1.165) is 5.56 Å². The number of aromatic nitrogens is 1. The van der Waals surface area contributed by atoms with Gasteiger partial charge in [-0.25, -0.2) is 9.37 Å². The molecule has 0 aliphatic carbocycles. The number of carbonyl (C=O) groups excluding carboxylic acids is 1. The number of ether oxygens (including phenoxy) is 1. The Morgan fingerprint density at radius 2 is 2.00 bits per heavy atom. The minimum absolute atomic E-state index is 0.0277. The van der Waals surface area contributed by atoms with E-state index in [-0.39, 0.29) is 36.1 Å². The summed E-state index contributed by atoms with van der Waals surface area (Å²) in [6.45, 7) is 4.06. The molecule has 1 aliphatic rings. The van der Waals surface area contributed by atoms with Crippen molar-refractivity contribution in [1.82, 2.24) is 9.88 Å². The average Bonchev–Trinajstić information content (AvgIpc) is 2.97. The highest BCUT2D eigenvalue weighted by atomic mass is 19.1. The van der Waals surface area contributed by atoms with Gasteiger partial charge in [0.25, 0.3) is 5.91 Å². The molecule has 25 heavy (non-hydrogen) atoms. The van der Waals surface area contributed by atoms with Crippen LogP contribution in [0.25, 0.3) is 0 Å². The fraction of sp³-hybridized carbons (Fsp3) is 0.368.